The average Bonchev–Trinajstić information content (AvgIpc) is 3.06. The van der Waals surface area contributed by atoms with E-state index in [1.807, 2.05) is 27.7 Å². The van der Waals surface area contributed by atoms with Crippen LogP contribution in [0.5, 0.6) is 0 Å². The van der Waals surface area contributed by atoms with E-state index >= 15 is 0 Å². The molecule has 0 aromatic heterocycles. The van der Waals surface area contributed by atoms with Crippen molar-refractivity contribution < 1.29 is 23.8 Å². The van der Waals surface area contributed by atoms with Gasteiger partial charge in [-0.3, -0.25) is 4.79 Å². The second kappa shape index (κ2) is 5.24. The molecule has 0 spiro atoms. The quantitative estimate of drug-likeness (QED) is 0.561. The lowest BCUT2D eigenvalue weighted by Crippen LogP contribution is -2.49. The first-order valence-electron chi connectivity index (χ1n) is 10.1. The van der Waals surface area contributed by atoms with Crippen LogP contribution in [0.4, 0.5) is 0 Å². The Morgan fingerprint density at radius 1 is 1.08 bits per heavy atom. The van der Waals surface area contributed by atoms with Gasteiger partial charge in [0.05, 0.1) is 5.41 Å². The number of hydrogen-bond donors (Lipinski definition) is 0. The summed E-state index contributed by atoms with van der Waals surface area (Å²) < 4.78 is 17.5. The highest BCUT2D eigenvalue weighted by molar-refractivity contribution is 5.93. The lowest BCUT2D eigenvalue weighted by molar-refractivity contribution is -0.184. The maximum absolute atomic E-state index is 13.0. The molecule has 2 aliphatic heterocycles. The summed E-state index contributed by atoms with van der Waals surface area (Å²) >= 11 is 0. The van der Waals surface area contributed by atoms with Gasteiger partial charge in [-0.1, -0.05) is 33.1 Å². The fourth-order valence-corrected chi connectivity index (χ4v) is 5.81. The Kier molecular flexibility index (Phi) is 3.68. The molecule has 5 heteroatoms. The Balaban J connectivity index is 1.45. The van der Waals surface area contributed by atoms with E-state index in [4.69, 9.17) is 14.2 Å². The molecule has 26 heavy (non-hydrogen) atoms. The highest BCUT2D eigenvalue weighted by Crippen LogP contribution is 2.66. The molecule has 2 aliphatic carbocycles. The van der Waals surface area contributed by atoms with Crippen molar-refractivity contribution in [3.05, 3.63) is 0 Å². The zero-order valence-corrected chi connectivity index (χ0v) is 16.8. The molecular formula is C21H32O5. The average molecular weight is 364 g/mol. The third kappa shape index (κ3) is 2.01. The lowest BCUT2D eigenvalue weighted by atomic mass is 9.66. The minimum atomic E-state index is -1.15. The molecule has 0 amide bonds. The van der Waals surface area contributed by atoms with E-state index in [0.717, 1.165) is 0 Å². The van der Waals surface area contributed by atoms with E-state index in [9.17, 15) is 9.59 Å². The smallest absolute Gasteiger partial charge is 0.351 e. The Hall–Kier alpha value is -1.10. The number of carbonyl (C=O) groups excluding carboxylic acids is 2. The summed E-state index contributed by atoms with van der Waals surface area (Å²) in [5.41, 5.74) is -2.96. The molecule has 0 radical (unpaired) electrons. The van der Waals surface area contributed by atoms with Crippen molar-refractivity contribution in [3.63, 3.8) is 0 Å². The van der Waals surface area contributed by atoms with Gasteiger partial charge in [-0.2, -0.15) is 0 Å². The minimum absolute atomic E-state index is 0.211. The Morgan fingerprint density at radius 3 is 2.27 bits per heavy atom. The third-order valence-electron chi connectivity index (χ3n) is 8.72. The van der Waals surface area contributed by atoms with Crippen molar-refractivity contribution in [2.75, 3.05) is 6.61 Å². The van der Waals surface area contributed by atoms with Crippen LogP contribution in [0.3, 0.4) is 0 Å². The maximum atomic E-state index is 13.0. The third-order valence-corrected chi connectivity index (χ3v) is 8.72. The number of fused-ring (bicyclic) bond motifs is 2. The summed E-state index contributed by atoms with van der Waals surface area (Å²) in [6.07, 6.45) is 7.40. The zero-order chi connectivity index (χ0) is 19.0. The van der Waals surface area contributed by atoms with Gasteiger partial charge in [0.2, 0.25) is 5.60 Å². The van der Waals surface area contributed by atoms with Gasteiger partial charge in [-0.05, 0) is 52.4 Å². The van der Waals surface area contributed by atoms with Crippen LogP contribution in [0.2, 0.25) is 0 Å². The van der Waals surface area contributed by atoms with Crippen molar-refractivity contribution in [3.8, 4) is 0 Å². The van der Waals surface area contributed by atoms with Crippen LogP contribution in [-0.4, -0.2) is 35.3 Å². The standard InChI is InChI=1S/C21H32O5/c1-17(2)18(3)11-12-21(17,25-15(18)22)16(23)24-13-19(4)20(5,26-19)14-9-7-6-8-10-14/h14H,6-13H2,1-5H3/t18?,19-,20-,21?/m0/s1. The summed E-state index contributed by atoms with van der Waals surface area (Å²) in [7, 11) is 0. The van der Waals surface area contributed by atoms with Crippen LogP contribution in [0.1, 0.15) is 79.6 Å². The van der Waals surface area contributed by atoms with Gasteiger partial charge >= 0.3 is 11.9 Å². The van der Waals surface area contributed by atoms with Gasteiger partial charge in [-0.25, -0.2) is 4.79 Å². The summed E-state index contributed by atoms with van der Waals surface area (Å²) in [6, 6.07) is 0. The SMILES string of the molecule is CC12CCC(C(=O)OC[C@]3(C)O[C@@]3(C)C3CCCCC3)(OC1=O)C2(C)C. The molecule has 2 saturated carbocycles. The molecule has 4 aliphatic rings. The predicted octanol–water partition coefficient (Wildman–Crippen LogP) is 3.78. The fraction of sp³-hybridized carbons (Fsp3) is 0.905. The Morgan fingerprint density at radius 2 is 1.73 bits per heavy atom. The van der Waals surface area contributed by atoms with Crippen molar-refractivity contribution in [2.24, 2.45) is 16.7 Å². The highest BCUT2D eigenvalue weighted by atomic mass is 16.7. The van der Waals surface area contributed by atoms with E-state index < -0.39 is 28.0 Å². The first-order valence-corrected chi connectivity index (χ1v) is 10.1. The monoisotopic (exact) mass is 364 g/mol. The molecule has 4 fully saturated rings. The predicted molar refractivity (Wildman–Crippen MR) is 95.4 cm³/mol. The molecule has 5 nitrogen and oxygen atoms in total. The highest BCUT2D eigenvalue weighted by Gasteiger charge is 2.77. The molecule has 2 bridgehead atoms. The number of esters is 2. The lowest BCUT2D eigenvalue weighted by Gasteiger charge is -2.34. The van der Waals surface area contributed by atoms with Gasteiger partial charge in [0, 0.05) is 5.41 Å². The Bertz CT molecular complexity index is 651. The van der Waals surface area contributed by atoms with Gasteiger partial charge in [0.25, 0.3) is 0 Å². The number of ether oxygens (including phenoxy) is 3. The summed E-state index contributed by atoms with van der Waals surface area (Å²) in [5, 5.41) is 0. The largest absolute Gasteiger partial charge is 0.460 e. The van der Waals surface area contributed by atoms with E-state index in [0.29, 0.717) is 18.8 Å². The minimum Gasteiger partial charge on any atom is -0.460 e. The number of rotatable bonds is 4. The van der Waals surface area contributed by atoms with Crippen molar-refractivity contribution in [2.45, 2.75) is 96.4 Å². The molecule has 4 rings (SSSR count). The molecule has 0 aromatic rings. The normalized spacial score (nSPS) is 46.9. The topological polar surface area (TPSA) is 65.1 Å². The molecule has 2 heterocycles. The number of carbonyl (C=O) groups is 2. The van der Waals surface area contributed by atoms with Crippen LogP contribution < -0.4 is 0 Å². The van der Waals surface area contributed by atoms with Crippen LogP contribution in [0.15, 0.2) is 0 Å². The number of epoxide rings is 1. The van der Waals surface area contributed by atoms with Gasteiger partial charge < -0.3 is 14.2 Å². The van der Waals surface area contributed by atoms with Crippen molar-refractivity contribution >= 4 is 11.9 Å². The second-order valence-electron chi connectivity index (χ2n) is 10.0. The first kappa shape index (κ1) is 18.3. The second-order valence-corrected chi connectivity index (χ2v) is 10.0. The van der Waals surface area contributed by atoms with Gasteiger partial charge in [-0.15, -0.1) is 0 Å². The van der Waals surface area contributed by atoms with Gasteiger partial charge in [0.15, 0.2) is 0 Å². The van der Waals surface area contributed by atoms with Crippen LogP contribution in [-0.2, 0) is 23.8 Å². The molecular weight excluding hydrogens is 332 g/mol. The van der Waals surface area contributed by atoms with Crippen LogP contribution >= 0.6 is 0 Å². The first-order chi connectivity index (χ1) is 12.0. The van der Waals surface area contributed by atoms with Crippen molar-refractivity contribution in [1.29, 1.82) is 0 Å². The molecule has 4 atom stereocenters. The van der Waals surface area contributed by atoms with Crippen LogP contribution in [0, 0.1) is 16.7 Å². The summed E-state index contributed by atoms with van der Waals surface area (Å²) in [6.45, 7) is 10.2. The zero-order valence-electron chi connectivity index (χ0n) is 16.8. The summed E-state index contributed by atoms with van der Waals surface area (Å²) in [5.74, 6) is -0.139. The molecule has 2 saturated heterocycles. The van der Waals surface area contributed by atoms with E-state index in [-0.39, 0.29) is 18.2 Å². The Labute approximate surface area is 156 Å². The van der Waals surface area contributed by atoms with E-state index in [1.54, 1.807) is 0 Å². The molecule has 0 N–H and O–H groups in total. The molecule has 146 valence electrons. The van der Waals surface area contributed by atoms with Crippen molar-refractivity contribution in [1.82, 2.24) is 0 Å². The van der Waals surface area contributed by atoms with Gasteiger partial charge in [0.1, 0.15) is 17.8 Å². The van der Waals surface area contributed by atoms with E-state index in [1.165, 1.54) is 32.1 Å². The fourth-order valence-electron chi connectivity index (χ4n) is 5.81. The molecule has 0 aromatic carbocycles. The van der Waals surface area contributed by atoms with E-state index in [2.05, 4.69) is 6.92 Å². The number of hydrogen-bond acceptors (Lipinski definition) is 5. The maximum Gasteiger partial charge on any atom is 0.351 e. The molecule has 2 unspecified atom stereocenters. The summed E-state index contributed by atoms with van der Waals surface area (Å²) in [4.78, 5) is 25.4. The van der Waals surface area contributed by atoms with Crippen LogP contribution in [0.25, 0.3) is 0 Å².